The molecule has 3 heteroatoms. The number of nitrogens with two attached hydrogens (primary N) is 1. The first-order valence-corrected chi connectivity index (χ1v) is 7.44. The lowest BCUT2D eigenvalue weighted by molar-refractivity contribution is 0.306. The molecule has 19 heavy (non-hydrogen) atoms. The summed E-state index contributed by atoms with van der Waals surface area (Å²) in [5, 5.41) is 0. The quantitative estimate of drug-likeness (QED) is 0.813. The number of hydrogen-bond acceptors (Lipinski definition) is 2. The first kappa shape index (κ1) is 14.3. The van der Waals surface area contributed by atoms with Crippen LogP contribution in [0.4, 0.5) is 0 Å². The van der Waals surface area contributed by atoms with Gasteiger partial charge in [-0.05, 0) is 64.4 Å². The molecule has 0 bridgehead atoms. The maximum atomic E-state index is 5.77. The smallest absolute Gasteiger partial charge is 0.120 e. The van der Waals surface area contributed by atoms with Gasteiger partial charge in [0, 0.05) is 3.57 Å². The van der Waals surface area contributed by atoms with Crippen LogP contribution in [0.15, 0.2) is 48.5 Å². The van der Waals surface area contributed by atoms with Crippen molar-refractivity contribution in [3.05, 3.63) is 63.2 Å². The molecule has 100 valence electrons. The summed E-state index contributed by atoms with van der Waals surface area (Å²) >= 11 is 2.28. The Bertz CT molecular complexity index is 525. The molecule has 0 aromatic heterocycles. The van der Waals surface area contributed by atoms with Crippen LogP contribution in [0.25, 0.3) is 0 Å². The Hall–Kier alpha value is -1.07. The van der Waals surface area contributed by atoms with Crippen LogP contribution in [0, 0.1) is 3.57 Å². The molecule has 2 aromatic rings. The zero-order chi connectivity index (χ0) is 13.7. The monoisotopic (exact) mass is 367 g/mol. The number of halogens is 1. The predicted octanol–water partition coefficient (Wildman–Crippen LogP) is 3.93. The second-order valence-electron chi connectivity index (χ2n) is 4.62. The van der Waals surface area contributed by atoms with Gasteiger partial charge in [-0.15, -0.1) is 0 Å². The van der Waals surface area contributed by atoms with Crippen molar-refractivity contribution in [3.8, 4) is 5.75 Å². The Morgan fingerprint density at radius 1 is 1.16 bits per heavy atom. The molecule has 0 radical (unpaired) electrons. The summed E-state index contributed by atoms with van der Waals surface area (Å²) in [5.74, 6) is 1.32. The molecule has 2 nitrogen and oxygen atoms in total. The van der Waals surface area contributed by atoms with E-state index < -0.39 is 0 Å². The highest BCUT2D eigenvalue weighted by Gasteiger charge is 2.03. The molecule has 0 amide bonds. The molecule has 2 N–H and O–H groups in total. The molecule has 2 aromatic carbocycles. The third-order valence-electron chi connectivity index (χ3n) is 3.10. The minimum Gasteiger partial charge on any atom is -0.489 e. The molecule has 0 heterocycles. The third kappa shape index (κ3) is 4.21. The van der Waals surface area contributed by atoms with Gasteiger partial charge in [-0.1, -0.05) is 37.3 Å². The largest absolute Gasteiger partial charge is 0.489 e. The molecule has 0 aliphatic heterocycles. The lowest BCUT2D eigenvalue weighted by atomic mass is 10.0. The SMILES string of the molecule is CC(CN)c1ccc(COc2cccc(I)c2)cc1. The molecule has 0 fully saturated rings. The van der Waals surface area contributed by atoms with Crippen LogP contribution >= 0.6 is 22.6 Å². The Balaban J connectivity index is 1.96. The maximum absolute atomic E-state index is 5.77. The molecule has 2 rings (SSSR count). The van der Waals surface area contributed by atoms with Crippen LogP contribution in [0.5, 0.6) is 5.75 Å². The Morgan fingerprint density at radius 2 is 1.89 bits per heavy atom. The summed E-state index contributed by atoms with van der Waals surface area (Å²) in [6.07, 6.45) is 0. The summed E-state index contributed by atoms with van der Waals surface area (Å²) in [7, 11) is 0. The minimum atomic E-state index is 0.408. The van der Waals surface area contributed by atoms with E-state index in [0.29, 0.717) is 19.1 Å². The van der Waals surface area contributed by atoms with Gasteiger partial charge in [0.15, 0.2) is 0 Å². The van der Waals surface area contributed by atoms with Crippen molar-refractivity contribution in [1.29, 1.82) is 0 Å². The predicted molar refractivity (Wildman–Crippen MR) is 87.4 cm³/mol. The topological polar surface area (TPSA) is 35.2 Å². The van der Waals surface area contributed by atoms with Crippen molar-refractivity contribution in [2.75, 3.05) is 6.54 Å². The average Bonchev–Trinajstić information content (AvgIpc) is 2.45. The van der Waals surface area contributed by atoms with E-state index in [1.165, 1.54) is 14.7 Å². The van der Waals surface area contributed by atoms with E-state index in [2.05, 4.69) is 59.8 Å². The summed E-state index contributed by atoms with van der Waals surface area (Å²) < 4.78 is 6.95. The Kier molecular flexibility index (Phi) is 5.22. The van der Waals surface area contributed by atoms with Gasteiger partial charge in [-0.2, -0.15) is 0 Å². The van der Waals surface area contributed by atoms with E-state index in [1.807, 2.05) is 18.2 Å². The lowest BCUT2D eigenvalue weighted by Crippen LogP contribution is -2.08. The van der Waals surface area contributed by atoms with Crippen LogP contribution < -0.4 is 10.5 Å². The van der Waals surface area contributed by atoms with Gasteiger partial charge in [0.25, 0.3) is 0 Å². The Labute approximate surface area is 128 Å². The van der Waals surface area contributed by atoms with Crippen molar-refractivity contribution >= 4 is 22.6 Å². The highest BCUT2D eigenvalue weighted by molar-refractivity contribution is 14.1. The molecular formula is C16H18INO. The van der Waals surface area contributed by atoms with Crippen LogP contribution in [0.2, 0.25) is 0 Å². The van der Waals surface area contributed by atoms with Gasteiger partial charge in [0.05, 0.1) is 0 Å². The van der Waals surface area contributed by atoms with Crippen molar-refractivity contribution in [1.82, 2.24) is 0 Å². The van der Waals surface area contributed by atoms with E-state index in [0.717, 1.165) is 5.75 Å². The zero-order valence-electron chi connectivity index (χ0n) is 11.0. The van der Waals surface area contributed by atoms with Gasteiger partial charge in [-0.25, -0.2) is 0 Å². The van der Waals surface area contributed by atoms with Crippen LogP contribution in [0.3, 0.4) is 0 Å². The molecule has 0 aliphatic carbocycles. The van der Waals surface area contributed by atoms with E-state index in [1.54, 1.807) is 0 Å². The summed E-state index contributed by atoms with van der Waals surface area (Å²) in [5.41, 5.74) is 8.12. The fraction of sp³-hybridized carbons (Fsp3) is 0.250. The second kappa shape index (κ2) is 6.91. The number of hydrogen-bond donors (Lipinski definition) is 1. The van der Waals surface area contributed by atoms with E-state index >= 15 is 0 Å². The van der Waals surface area contributed by atoms with Crippen LogP contribution in [0.1, 0.15) is 24.0 Å². The van der Waals surface area contributed by atoms with E-state index in [-0.39, 0.29) is 0 Å². The Morgan fingerprint density at radius 3 is 2.53 bits per heavy atom. The van der Waals surface area contributed by atoms with Gasteiger partial charge in [0.2, 0.25) is 0 Å². The molecule has 0 spiro atoms. The number of ether oxygens (including phenoxy) is 1. The van der Waals surface area contributed by atoms with Crippen molar-refractivity contribution in [2.45, 2.75) is 19.4 Å². The highest BCUT2D eigenvalue weighted by Crippen LogP contribution is 2.18. The summed E-state index contributed by atoms with van der Waals surface area (Å²) in [4.78, 5) is 0. The third-order valence-corrected chi connectivity index (χ3v) is 3.77. The van der Waals surface area contributed by atoms with Crippen molar-refractivity contribution < 1.29 is 4.74 Å². The first-order chi connectivity index (χ1) is 9.19. The van der Waals surface area contributed by atoms with Gasteiger partial charge in [0.1, 0.15) is 12.4 Å². The van der Waals surface area contributed by atoms with Gasteiger partial charge in [-0.3, -0.25) is 0 Å². The molecular weight excluding hydrogens is 349 g/mol. The molecule has 0 aliphatic rings. The number of benzene rings is 2. The van der Waals surface area contributed by atoms with E-state index in [4.69, 9.17) is 10.5 Å². The summed E-state index contributed by atoms with van der Waals surface area (Å²) in [6, 6.07) is 16.5. The minimum absolute atomic E-state index is 0.408. The maximum Gasteiger partial charge on any atom is 0.120 e. The van der Waals surface area contributed by atoms with Gasteiger partial charge < -0.3 is 10.5 Å². The fourth-order valence-electron chi connectivity index (χ4n) is 1.80. The molecule has 0 saturated heterocycles. The van der Waals surface area contributed by atoms with Crippen molar-refractivity contribution in [3.63, 3.8) is 0 Å². The van der Waals surface area contributed by atoms with Crippen molar-refractivity contribution in [2.24, 2.45) is 5.73 Å². The molecule has 0 saturated carbocycles. The normalized spacial score (nSPS) is 12.2. The standard InChI is InChI=1S/C16H18INO/c1-12(10-18)14-7-5-13(6-8-14)11-19-16-4-2-3-15(17)9-16/h2-9,12H,10-11,18H2,1H3. The van der Waals surface area contributed by atoms with Gasteiger partial charge >= 0.3 is 0 Å². The molecule has 1 atom stereocenters. The highest BCUT2D eigenvalue weighted by atomic mass is 127. The fourth-order valence-corrected chi connectivity index (χ4v) is 2.32. The van der Waals surface area contributed by atoms with E-state index in [9.17, 15) is 0 Å². The van der Waals surface area contributed by atoms with Crippen LogP contribution in [-0.2, 0) is 6.61 Å². The number of rotatable bonds is 5. The summed E-state index contributed by atoms with van der Waals surface area (Å²) in [6.45, 7) is 3.41. The average molecular weight is 367 g/mol. The molecule has 1 unspecified atom stereocenters. The van der Waals surface area contributed by atoms with Crippen LogP contribution in [-0.4, -0.2) is 6.54 Å². The first-order valence-electron chi connectivity index (χ1n) is 6.36. The lowest BCUT2D eigenvalue weighted by Gasteiger charge is -2.10. The second-order valence-corrected chi connectivity index (χ2v) is 5.87. The zero-order valence-corrected chi connectivity index (χ0v) is 13.1.